The topological polar surface area (TPSA) is 67.2 Å². The highest BCUT2D eigenvalue weighted by Crippen LogP contribution is 2.18. The Hall–Kier alpha value is -3.25. The zero-order chi connectivity index (χ0) is 21.5. The van der Waals surface area contributed by atoms with E-state index in [1.807, 2.05) is 44.4 Å². The molecule has 0 saturated heterocycles. The molecule has 1 atom stereocenters. The van der Waals surface area contributed by atoms with Gasteiger partial charge in [-0.3, -0.25) is 9.59 Å². The zero-order valence-electron chi connectivity index (χ0n) is 17.7. The number of carbonyl (C=O) groups excluding carboxylic acids is 1. The molecule has 0 saturated carbocycles. The third kappa shape index (κ3) is 5.42. The Bertz CT molecular complexity index is 1030. The van der Waals surface area contributed by atoms with E-state index in [-0.39, 0.29) is 23.2 Å². The first-order valence-electron chi connectivity index (χ1n) is 10.1. The van der Waals surface area contributed by atoms with E-state index in [4.69, 9.17) is 0 Å². The van der Waals surface area contributed by atoms with Gasteiger partial charge in [0.1, 0.15) is 5.69 Å². The van der Waals surface area contributed by atoms with Crippen LogP contribution in [0.2, 0.25) is 0 Å². The van der Waals surface area contributed by atoms with Crippen LogP contribution in [0, 0.1) is 0 Å². The fraction of sp³-hybridized carbons (Fsp3) is 0.292. The van der Waals surface area contributed by atoms with Crippen molar-refractivity contribution in [2.75, 3.05) is 20.6 Å². The van der Waals surface area contributed by atoms with Crippen LogP contribution < -0.4 is 10.9 Å². The predicted molar refractivity (Wildman–Crippen MR) is 119 cm³/mol. The van der Waals surface area contributed by atoms with Crippen molar-refractivity contribution in [3.8, 4) is 0 Å². The normalized spacial score (nSPS) is 12.0. The molecular formula is C24H28N4O2. The quantitative estimate of drug-likeness (QED) is 0.627. The average molecular weight is 405 g/mol. The van der Waals surface area contributed by atoms with Crippen LogP contribution in [0.3, 0.4) is 0 Å². The van der Waals surface area contributed by atoms with Gasteiger partial charge < -0.3 is 10.2 Å². The first kappa shape index (κ1) is 21.5. The highest BCUT2D eigenvalue weighted by Gasteiger charge is 2.17. The molecular weight excluding hydrogens is 376 g/mol. The fourth-order valence-electron chi connectivity index (χ4n) is 3.29. The molecule has 0 aliphatic carbocycles. The molecule has 0 aliphatic rings. The molecule has 0 bridgehead atoms. The van der Waals surface area contributed by atoms with Crippen molar-refractivity contribution in [3.63, 3.8) is 0 Å². The van der Waals surface area contributed by atoms with Crippen molar-refractivity contribution in [1.82, 2.24) is 20.0 Å². The van der Waals surface area contributed by atoms with Crippen LogP contribution in [0.1, 0.15) is 40.1 Å². The molecule has 6 heteroatoms. The second-order valence-electron chi connectivity index (χ2n) is 7.48. The minimum Gasteiger partial charge on any atom is -0.349 e. The van der Waals surface area contributed by atoms with Gasteiger partial charge in [-0.15, -0.1) is 0 Å². The molecule has 0 radical (unpaired) electrons. The minimum atomic E-state index is -0.297. The molecule has 0 aliphatic heterocycles. The summed E-state index contributed by atoms with van der Waals surface area (Å²) < 4.78 is 1.32. The summed E-state index contributed by atoms with van der Waals surface area (Å²) in [5.41, 5.74) is 3.36. The van der Waals surface area contributed by atoms with E-state index in [1.54, 1.807) is 0 Å². The molecule has 1 unspecified atom stereocenters. The second kappa shape index (κ2) is 9.98. The van der Waals surface area contributed by atoms with Gasteiger partial charge in [0.15, 0.2) is 0 Å². The Morgan fingerprint density at radius 3 is 2.33 bits per heavy atom. The molecule has 3 aromatic rings. The number of nitrogens with zero attached hydrogens (tertiary/aromatic N) is 3. The van der Waals surface area contributed by atoms with Crippen LogP contribution in [-0.2, 0) is 13.0 Å². The van der Waals surface area contributed by atoms with E-state index in [1.165, 1.54) is 22.4 Å². The van der Waals surface area contributed by atoms with Gasteiger partial charge in [-0.25, -0.2) is 4.68 Å². The highest BCUT2D eigenvalue weighted by molar-refractivity contribution is 5.92. The molecule has 0 spiro atoms. The number of rotatable bonds is 8. The van der Waals surface area contributed by atoms with Gasteiger partial charge in [-0.1, -0.05) is 61.5 Å². The number of hydrogen-bond acceptors (Lipinski definition) is 4. The summed E-state index contributed by atoms with van der Waals surface area (Å²) in [6, 6.07) is 20.9. The Balaban J connectivity index is 1.71. The van der Waals surface area contributed by atoms with Crippen molar-refractivity contribution in [1.29, 1.82) is 0 Å². The molecule has 30 heavy (non-hydrogen) atoms. The third-order valence-electron chi connectivity index (χ3n) is 5.13. The van der Waals surface area contributed by atoms with Crippen molar-refractivity contribution < 1.29 is 4.79 Å². The van der Waals surface area contributed by atoms with Gasteiger partial charge in [0.25, 0.3) is 11.5 Å². The zero-order valence-corrected chi connectivity index (χ0v) is 17.7. The van der Waals surface area contributed by atoms with Crippen LogP contribution in [0.4, 0.5) is 0 Å². The predicted octanol–water partition coefficient (Wildman–Crippen LogP) is 2.89. The number of likely N-dealkylation sites (N-methyl/N-ethyl adjacent to an activating group) is 1. The van der Waals surface area contributed by atoms with Gasteiger partial charge in [0.2, 0.25) is 0 Å². The van der Waals surface area contributed by atoms with Crippen LogP contribution in [0.5, 0.6) is 0 Å². The molecule has 1 amide bonds. The summed E-state index contributed by atoms with van der Waals surface area (Å²) in [4.78, 5) is 26.9. The van der Waals surface area contributed by atoms with Crippen molar-refractivity contribution >= 4 is 5.91 Å². The third-order valence-corrected chi connectivity index (χ3v) is 5.13. The molecule has 2 aromatic carbocycles. The van der Waals surface area contributed by atoms with E-state index in [9.17, 15) is 9.59 Å². The van der Waals surface area contributed by atoms with Gasteiger partial charge in [-0.2, -0.15) is 5.10 Å². The molecule has 1 N–H and O–H groups in total. The fourth-order valence-corrected chi connectivity index (χ4v) is 3.29. The van der Waals surface area contributed by atoms with Gasteiger partial charge in [0.05, 0.1) is 12.6 Å². The minimum absolute atomic E-state index is 0.0371. The van der Waals surface area contributed by atoms with Crippen LogP contribution in [0.25, 0.3) is 0 Å². The van der Waals surface area contributed by atoms with E-state index in [2.05, 4.69) is 46.5 Å². The molecule has 0 fully saturated rings. The van der Waals surface area contributed by atoms with Gasteiger partial charge in [0, 0.05) is 12.6 Å². The lowest BCUT2D eigenvalue weighted by Gasteiger charge is -2.25. The number of benzene rings is 2. The Kier molecular flexibility index (Phi) is 7.14. The van der Waals surface area contributed by atoms with E-state index < -0.39 is 0 Å². The van der Waals surface area contributed by atoms with Crippen molar-refractivity contribution in [2.45, 2.75) is 25.9 Å². The smallest absolute Gasteiger partial charge is 0.271 e. The number of aromatic nitrogens is 2. The molecule has 1 aromatic heterocycles. The summed E-state index contributed by atoms with van der Waals surface area (Å²) in [5, 5.41) is 7.22. The van der Waals surface area contributed by atoms with Crippen molar-refractivity contribution in [2.24, 2.45) is 0 Å². The number of nitrogens with one attached hydrogen (secondary N) is 1. The van der Waals surface area contributed by atoms with Gasteiger partial charge in [-0.05, 0) is 43.3 Å². The van der Waals surface area contributed by atoms with Crippen LogP contribution in [-0.4, -0.2) is 41.2 Å². The van der Waals surface area contributed by atoms with Gasteiger partial charge >= 0.3 is 0 Å². The maximum absolute atomic E-state index is 12.7. The lowest BCUT2D eigenvalue weighted by molar-refractivity contribution is 0.0934. The van der Waals surface area contributed by atoms with E-state index >= 15 is 0 Å². The van der Waals surface area contributed by atoms with E-state index in [0.29, 0.717) is 13.1 Å². The Morgan fingerprint density at radius 2 is 1.70 bits per heavy atom. The molecule has 1 heterocycles. The largest absolute Gasteiger partial charge is 0.349 e. The van der Waals surface area contributed by atoms with Crippen LogP contribution in [0.15, 0.2) is 71.5 Å². The second-order valence-corrected chi connectivity index (χ2v) is 7.48. The number of aryl methyl sites for hydroxylation is 1. The standard InChI is InChI=1S/C24H28N4O2/c1-4-18-10-12-20(13-11-18)22(27(2)3)16-25-24(30)21-14-15-23(29)28(26-21)17-19-8-6-5-7-9-19/h5-15,22H,4,16-17H2,1-3H3,(H,25,30). The average Bonchev–Trinajstić information content (AvgIpc) is 2.76. The molecule has 3 rings (SSSR count). The van der Waals surface area contributed by atoms with Crippen molar-refractivity contribution in [3.05, 3.63) is 99.5 Å². The SMILES string of the molecule is CCc1ccc(C(CNC(=O)c2ccc(=O)n(Cc3ccccc3)n2)N(C)C)cc1. The van der Waals surface area contributed by atoms with Crippen LogP contribution >= 0.6 is 0 Å². The number of amides is 1. The number of carbonyl (C=O) groups is 1. The van der Waals surface area contributed by atoms with E-state index in [0.717, 1.165) is 17.5 Å². The summed E-state index contributed by atoms with van der Waals surface area (Å²) in [5.74, 6) is -0.297. The summed E-state index contributed by atoms with van der Waals surface area (Å²) in [6.07, 6.45) is 0.994. The summed E-state index contributed by atoms with van der Waals surface area (Å²) >= 11 is 0. The first-order chi connectivity index (χ1) is 14.5. The summed E-state index contributed by atoms with van der Waals surface area (Å²) in [7, 11) is 3.98. The Morgan fingerprint density at radius 1 is 1.00 bits per heavy atom. The Labute approximate surface area is 177 Å². The monoisotopic (exact) mass is 404 g/mol. The first-order valence-corrected chi connectivity index (χ1v) is 10.1. The molecule has 6 nitrogen and oxygen atoms in total. The highest BCUT2D eigenvalue weighted by atomic mass is 16.2. The molecule has 156 valence electrons. The lowest BCUT2D eigenvalue weighted by atomic mass is 10.0. The maximum Gasteiger partial charge on any atom is 0.271 e. The summed E-state index contributed by atoms with van der Waals surface area (Å²) in [6.45, 7) is 2.89. The maximum atomic E-state index is 12.7. The lowest BCUT2D eigenvalue weighted by Crippen LogP contribution is -2.36. The number of hydrogen-bond donors (Lipinski definition) is 1.